The maximum atomic E-state index is 13.1. The van der Waals surface area contributed by atoms with Crippen LogP contribution in [0, 0.1) is 5.82 Å². The molecule has 5 nitrogen and oxygen atoms in total. The van der Waals surface area contributed by atoms with E-state index in [1.807, 2.05) is 38.1 Å². The third kappa shape index (κ3) is 4.59. The van der Waals surface area contributed by atoms with E-state index in [0.717, 1.165) is 28.8 Å². The second-order valence-corrected chi connectivity index (χ2v) is 7.37. The minimum atomic E-state index is -0.287. The zero-order chi connectivity index (χ0) is 20.1. The fraction of sp³-hybridized carbons (Fsp3) is 0.286. The molecule has 0 saturated carbocycles. The smallest absolute Gasteiger partial charge is 0.233 e. The molecule has 0 spiro atoms. The summed E-state index contributed by atoms with van der Waals surface area (Å²) in [4.78, 5) is 23.4. The van der Waals surface area contributed by atoms with Crippen molar-refractivity contribution in [2.24, 2.45) is 0 Å². The molecule has 1 amide bonds. The molecule has 2 aromatic carbocycles. The molecule has 3 aromatic rings. The van der Waals surface area contributed by atoms with Gasteiger partial charge >= 0.3 is 0 Å². The van der Waals surface area contributed by atoms with Gasteiger partial charge in [-0.2, -0.15) is 0 Å². The first-order valence-electron chi connectivity index (χ1n) is 9.14. The van der Waals surface area contributed by atoms with Gasteiger partial charge in [-0.3, -0.25) is 4.79 Å². The lowest BCUT2D eigenvalue weighted by molar-refractivity contribution is -0.128. The number of halogens is 1. The van der Waals surface area contributed by atoms with Gasteiger partial charge in [0.15, 0.2) is 5.16 Å². The summed E-state index contributed by atoms with van der Waals surface area (Å²) in [5.74, 6) is 0.677. The summed E-state index contributed by atoms with van der Waals surface area (Å²) in [5.41, 5.74) is 1.73. The third-order valence-electron chi connectivity index (χ3n) is 4.58. The van der Waals surface area contributed by atoms with Crippen LogP contribution in [0.4, 0.5) is 10.2 Å². The Morgan fingerprint density at radius 3 is 2.61 bits per heavy atom. The van der Waals surface area contributed by atoms with Crippen LogP contribution in [0.25, 0.3) is 10.9 Å². The van der Waals surface area contributed by atoms with Crippen molar-refractivity contribution >= 4 is 34.4 Å². The highest BCUT2D eigenvalue weighted by atomic mass is 32.2. The molecule has 0 aliphatic rings. The number of carbonyl (C=O) groups excluding carboxylic acids is 1. The number of aromatic nitrogens is 2. The number of benzene rings is 2. The molecule has 0 aliphatic heterocycles. The van der Waals surface area contributed by atoms with Crippen LogP contribution in [-0.4, -0.2) is 40.1 Å². The lowest BCUT2D eigenvalue weighted by Crippen LogP contribution is -2.31. The van der Waals surface area contributed by atoms with Crippen LogP contribution < -0.4 is 5.32 Å². The lowest BCUT2D eigenvalue weighted by atomic mass is 10.1. The number of nitrogens with one attached hydrogen (secondary N) is 1. The Labute approximate surface area is 168 Å². The van der Waals surface area contributed by atoms with Gasteiger partial charge in [-0.15, -0.1) is 0 Å². The molecule has 0 bridgehead atoms. The Morgan fingerprint density at radius 2 is 1.89 bits per heavy atom. The highest BCUT2D eigenvalue weighted by Gasteiger charge is 2.18. The van der Waals surface area contributed by atoms with Crippen LogP contribution >= 0.6 is 11.8 Å². The summed E-state index contributed by atoms with van der Waals surface area (Å²) in [6.07, 6.45) is 0. The second-order valence-electron chi connectivity index (χ2n) is 6.42. The minimum absolute atomic E-state index is 0.0383. The number of hydrogen-bond donors (Lipinski definition) is 1. The van der Waals surface area contributed by atoms with Crippen molar-refractivity contribution in [3.63, 3.8) is 0 Å². The quantitative estimate of drug-likeness (QED) is 0.469. The third-order valence-corrected chi connectivity index (χ3v) is 5.41. The van der Waals surface area contributed by atoms with Crippen molar-refractivity contribution in [3.8, 4) is 0 Å². The summed E-state index contributed by atoms with van der Waals surface area (Å²) in [7, 11) is 1.75. The predicted octanol–water partition coefficient (Wildman–Crippen LogP) is 4.51. The Hall–Kier alpha value is -2.67. The number of amides is 1. The zero-order valence-corrected chi connectivity index (χ0v) is 17.0. The number of carbonyl (C=O) groups is 1. The molecular formula is C21H23FN4OS. The van der Waals surface area contributed by atoms with Gasteiger partial charge in [0, 0.05) is 19.0 Å². The van der Waals surface area contributed by atoms with Crippen LogP contribution in [0.2, 0.25) is 0 Å². The summed E-state index contributed by atoms with van der Waals surface area (Å²) in [6.45, 7) is 4.69. The van der Waals surface area contributed by atoms with Crippen LogP contribution in [0.5, 0.6) is 0 Å². The lowest BCUT2D eigenvalue weighted by Gasteiger charge is -2.25. The molecule has 1 N–H and O–H groups in total. The number of fused-ring (bicyclic) bond motifs is 1. The number of rotatable bonds is 7. The number of para-hydroxylation sites is 1. The molecule has 1 aromatic heterocycles. The van der Waals surface area contributed by atoms with E-state index in [4.69, 9.17) is 0 Å². The highest BCUT2D eigenvalue weighted by molar-refractivity contribution is 7.99. The van der Waals surface area contributed by atoms with Crippen LogP contribution in [0.1, 0.15) is 25.5 Å². The predicted molar refractivity (Wildman–Crippen MR) is 112 cm³/mol. The molecule has 28 heavy (non-hydrogen) atoms. The molecule has 1 atom stereocenters. The van der Waals surface area contributed by atoms with Gasteiger partial charge < -0.3 is 10.2 Å². The van der Waals surface area contributed by atoms with E-state index in [2.05, 4.69) is 15.3 Å². The molecule has 146 valence electrons. The zero-order valence-electron chi connectivity index (χ0n) is 16.1. The average Bonchev–Trinajstić information content (AvgIpc) is 2.71. The van der Waals surface area contributed by atoms with E-state index < -0.39 is 0 Å². The van der Waals surface area contributed by atoms with Gasteiger partial charge in [-0.05, 0) is 43.7 Å². The summed E-state index contributed by atoms with van der Waals surface area (Å²) in [6, 6.07) is 13.9. The summed E-state index contributed by atoms with van der Waals surface area (Å²) < 4.78 is 13.1. The molecular weight excluding hydrogens is 375 g/mol. The van der Waals surface area contributed by atoms with Gasteiger partial charge in [-0.25, -0.2) is 14.4 Å². The molecule has 0 fully saturated rings. The van der Waals surface area contributed by atoms with Crippen molar-refractivity contribution in [3.05, 3.63) is 59.9 Å². The maximum Gasteiger partial charge on any atom is 0.233 e. The molecule has 0 saturated heterocycles. The van der Waals surface area contributed by atoms with Crippen LogP contribution in [-0.2, 0) is 4.79 Å². The van der Waals surface area contributed by atoms with E-state index in [1.54, 1.807) is 24.1 Å². The van der Waals surface area contributed by atoms with Gasteiger partial charge in [0.25, 0.3) is 0 Å². The van der Waals surface area contributed by atoms with Gasteiger partial charge in [0.2, 0.25) is 5.91 Å². The molecule has 1 heterocycles. The van der Waals surface area contributed by atoms with Crippen molar-refractivity contribution < 1.29 is 9.18 Å². The molecule has 0 aliphatic carbocycles. The van der Waals surface area contributed by atoms with Gasteiger partial charge in [-0.1, -0.05) is 36.0 Å². The van der Waals surface area contributed by atoms with Gasteiger partial charge in [0.1, 0.15) is 11.6 Å². The fourth-order valence-electron chi connectivity index (χ4n) is 2.83. The summed E-state index contributed by atoms with van der Waals surface area (Å²) in [5, 5.41) is 4.78. The maximum absolute atomic E-state index is 13.1. The number of hydrogen-bond acceptors (Lipinski definition) is 5. The SMILES string of the molecule is CCNc1nc(SCC(=O)N(C)C(C)c2ccc(F)cc2)nc2ccccc12. The standard InChI is InChI=1S/C21H23FN4OS/c1-4-23-20-17-7-5-6-8-18(17)24-21(25-20)28-13-19(27)26(3)14(2)15-9-11-16(22)12-10-15/h5-12,14H,4,13H2,1-3H3,(H,23,24,25). The monoisotopic (exact) mass is 398 g/mol. The van der Waals surface area contributed by atoms with E-state index in [0.29, 0.717) is 5.16 Å². The Morgan fingerprint density at radius 1 is 1.18 bits per heavy atom. The van der Waals surface area contributed by atoms with E-state index >= 15 is 0 Å². The number of thioether (sulfide) groups is 1. The normalized spacial score (nSPS) is 12.0. The van der Waals surface area contributed by atoms with E-state index in [-0.39, 0.29) is 23.5 Å². The average molecular weight is 399 g/mol. The fourth-order valence-corrected chi connectivity index (χ4v) is 3.61. The van der Waals surface area contributed by atoms with Crippen molar-refractivity contribution in [1.29, 1.82) is 0 Å². The number of anilines is 1. The topological polar surface area (TPSA) is 58.1 Å². The van der Waals surface area contributed by atoms with Crippen molar-refractivity contribution in [2.45, 2.75) is 25.0 Å². The van der Waals surface area contributed by atoms with Crippen molar-refractivity contribution in [1.82, 2.24) is 14.9 Å². The Bertz CT molecular complexity index is 964. The second kappa shape index (κ2) is 9.01. The molecule has 0 radical (unpaired) electrons. The Balaban J connectivity index is 1.70. The van der Waals surface area contributed by atoms with E-state index in [9.17, 15) is 9.18 Å². The van der Waals surface area contributed by atoms with Crippen molar-refractivity contribution in [2.75, 3.05) is 24.7 Å². The summed E-state index contributed by atoms with van der Waals surface area (Å²) >= 11 is 1.31. The first-order chi connectivity index (χ1) is 13.5. The first kappa shape index (κ1) is 20.1. The van der Waals surface area contributed by atoms with Crippen LogP contribution in [0.15, 0.2) is 53.7 Å². The first-order valence-corrected chi connectivity index (χ1v) is 10.1. The molecule has 7 heteroatoms. The highest BCUT2D eigenvalue weighted by Crippen LogP contribution is 2.25. The molecule has 3 rings (SSSR count). The van der Waals surface area contributed by atoms with Crippen LogP contribution in [0.3, 0.4) is 0 Å². The number of nitrogens with zero attached hydrogens (tertiary/aromatic N) is 3. The van der Waals surface area contributed by atoms with Gasteiger partial charge in [0.05, 0.1) is 17.3 Å². The van der Waals surface area contributed by atoms with E-state index in [1.165, 1.54) is 23.9 Å². The Kier molecular flexibility index (Phi) is 6.46. The molecule has 1 unspecified atom stereocenters. The largest absolute Gasteiger partial charge is 0.370 e. The minimum Gasteiger partial charge on any atom is -0.370 e.